The molecule has 0 aliphatic heterocycles. The number of carboxylic acids is 1. The molecule has 1 unspecified atom stereocenters. The smallest absolute Gasteiger partial charge is 0.336 e. The van der Waals surface area contributed by atoms with Gasteiger partial charge in [0.1, 0.15) is 0 Å². The van der Waals surface area contributed by atoms with Crippen molar-refractivity contribution in [2.45, 2.75) is 19.9 Å². The van der Waals surface area contributed by atoms with Gasteiger partial charge in [0, 0.05) is 16.2 Å². The standard InChI is InChI=1S/C16H16BrNO2/c1-10-5-3-4-6-13(10)11(2)18-12-7-8-14(16(19)20)15(17)9-12/h3-9,11,18H,1-2H3,(H,19,20). The summed E-state index contributed by atoms with van der Waals surface area (Å²) in [6.07, 6.45) is 0. The number of hydrogen-bond donors (Lipinski definition) is 2. The lowest BCUT2D eigenvalue weighted by molar-refractivity contribution is 0.0696. The van der Waals surface area contributed by atoms with E-state index in [-0.39, 0.29) is 11.6 Å². The highest BCUT2D eigenvalue weighted by atomic mass is 79.9. The number of hydrogen-bond acceptors (Lipinski definition) is 2. The van der Waals surface area contributed by atoms with Crippen LogP contribution in [0.1, 0.15) is 34.5 Å². The molecule has 0 heterocycles. The highest BCUT2D eigenvalue weighted by Gasteiger charge is 2.11. The summed E-state index contributed by atoms with van der Waals surface area (Å²) in [6.45, 7) is 4.16. The number of nitrogens with one attached hydrogen (secondary N) is 1. The zero-order valence-electron chi connectivity index (χ0n) is 11.4. The van der Waals surface area contributed by atoms with E-state index in [1.54, 1.807) is 18.2 Å². The van der Waals surface area contributed by atoms with Gasteiger partial charge in [0.15, 0.2) is 0 Å². The van der Waals surface area contributed by atoms with Crippen LogP contribution in [-0.2, 0) is 0 Å². The number of benzene rings is 2. The van der Waals surface area contributed by atoms with Crippen molar-refractivity contribution in [3.63, 3.8) is 0 Å². The summed E-state index contributed by atoms with van der Waals surface area (Å²) in [6, 6.07) is 13.5. The molecule has 20 heavy (non-hydrogen) atoms. The molecule has 0 bridgehead atoms. The van der Waals surface area contributed by atoms with E-state index in [1.807, 2.05) is 12.1 Å². The van der Waals surface area contributed by atoms with Crippen molar-refractivity contribution in [1.82, 2.24) is 0 Å². The normalized spacial score (nSPS) is 11.9. The fourth-order valence-corrected chi connectivity index (χ4v) is 2.73. The molecule has 0 spiro atoms. The molecule has 0 aliphatic carbocycles. The second-order valence-electron chi connectivity index (χ2n) is 4.72. The predicted octanol–water partition coefficient (Wildman–Crippen LogP) is 4.63. The third-order valence-corrected chi connectivity index (χ3v) is 3.89. The number of carbonyl (C=O) groups is 1. The van der Waals surface area contributed by atoms with Crippen molar-refractivity contribution in [2.75, 3.05) is 5.32 Å². The molecule has 0 radical (unpaired) electrons. The van der Waals surface area contributed by atoms with E-state index in [1.165, 1.54) is 11.1 Å². The second kappa shape index (κ2) is 6.09. The number of halogens is 1. The minimum atomic E-state index is -0.935. The molecule has 4 heteroatoms. The summed E-state index contributed by atoms with van der Waals surface area (Å²) >= 11 is 3.29. The summed E-state index contributed by atoms with van der Waals surface area (Å²) in [5, 5.41) is 12.4. The van der Waals surface area contributed by atoms with Crippen LogP contribution in [0.15, 0.2) is 46.9 Å². The lowest BCUT2D eigenvalue weighted by Crippen LogP contribution is -2.08. The topological polar surface area (TPSA) is 49.3 Å². The molecule has 0 aliphatic rings. The van der Waals surface area contributed by atoms with Gasteiger partial charge < -0.3 is 10.4 Å². The minimum absolute atomic E-state index is 0.152. The van der Waals surface area contributed by atoms with Crippen molar-refractivity contribution in [3.8, 4) is 0 Å². The van der Waals surface area contributed by atoms with Gasteiger partial charge in [0.25, 0.3) is 0 Å². The Hall–Kier alpha value is -1.81. The summed E-state index contributed by atoms with van der Waals surface area (Å²) < 4.78 is 0.576. The first-order valence-corrected chi connectivity index (χ1v) is 7.13. The fourth-order valence-electron chi connectivity index (χ4n) is 2.18. The second-order valence-corrected chi connectivity index (χ2v) is 5.58. The van der Waals surface area contributed by atoms with Gasteiger partial charge in [0.2, 0.25) is 0 Å². The van der Waals surface area contributed by atoms with Crippen molar-refractivity contribution < 1.29 is 9.90 Å². The van der Waals surface area contributed by atoms with E-state index in [2.05, 4.69) is 47.2 Å². The van der Waals surface area contributed by atoms with E-state index in [4.69, 9.17) is 5.11 Å². The number of aromatic carboxylic acids is 1. The molecule has 104 valence electrons. The van der Waals surface area contributed by atoms with Crippen LogP contribution in [0.4, 0.5) is 5.69 Å². The van der Waals surface area contributed by atoms with Gasteiger partial charge >= 0.3 is 5.97 Å². The number of aryl methyl sites for hydroxylation is 1. The zero-order chi connectivity index (χ0) is 14.7. The Labute approximate surface area is 126 Å². The van der Waals surface area contributed by atoms with E-state index >= 15 is 0 Å². The predicted molar refractivity (Wildman–Crippen MR) is 84.3 cm³/mol. The molecule has 3 nitrogen and oxygen atoms in total. The van der Waals surface area contributed by atoms with Gasteiger partial charge in [-0.15, -0.1) is 0 Å². The zero-order valence-corrected chi connectivity index (χ0v) is 12.9. The Morgan fingerprint density at radius 3 is 2.55 bits per heavy atom. The fraction of sp³-hybridized carbons (Fsp3) is 0.188. The lowest BCUT2D eigenvalue weighted by Gasteiger charge is -2.18. The molecule has 2 N–H and O–H groups in total. The van der Waals surface area contributed by atoms with Crippen LogP contribution < -0.4 is 5.32 Å². The van der Waals surface area contributed by atoms with Crippen molar-refractivity contribution in [3.05, 3.63) is 63.6 Å². The molecule has 0 amide bonds. The van der Waals surface area contributed by atoms with E-state index in [0.717, 1.165) is 5.69 Å². The van der Waals surface area contributed by atoms with E-state index in [9.17, 15) is 4.79 Å². The molecule has 0 aromatic heterocycles. The Morgan fingerprint density at radius 1 is 1.25 bits per heavy atom. The van der Waals surface area contributed by atoms with Gasteiger partial charge in [-0.2, -0.15) is 0 Å². The SMILES string of the molecule is Cc1ccccc1C(C)Nc1ccc(C(=O)O)c(Br)c1. The number of anilines is 1. The largest absolute Gasteiger partial charge is 0.478 e. The maximum Gasteiger partial charge on any atom is 0.336 e. The highest BCUT2D eigenvalue weighted by Crippen LogP contribution is 2.26. The van der Waals surface area contributed by atoms with Crippen LogP contribution in [0, 0.1) is 6.92 Å². The van der Waals surface area contributed by atoms with Crippen LogP contribution in [0.3, 0.4) is 0 Å². The highest BCUT2D eigenvalue weighted by molar-refractivity contribution is 9.10. The maximum atomic E-state index is 11.0. The Morgan fingerprint density at radius 2 is 1.95 bits per heavy atom. The quantitative estimate of drug-likeness (QED) is 0.857. The summed E-state index contributed by atoms with van der Waals surface area (Å²) in [5.74, 6) is -0.935. The van der Waals surface area contributed by atoms with E-state index < -0.39 is 5.97 Å². The van der Waals surface area contributed by atoms with Crippen molar-refractivity contribution >= 4 is 27.6 Å². The van der Waals surface area contributed by atoms with Crippen LogP contribution in [0.2, 0.25) is 0 Å². The van der Waals surface area contributed by atoms with Gasteiger partial charge in [-0.3, -0.25) is 0 Å². The Bertz CT molecular complexity index is 640. The summed E-state index contributed by atoms with van der Waals surface area (Å²) in [5.41, 5.74) is 3.61. The lowest BCUT2D eigenvalue weighted by atomic mass is 10.0. The van der Waals surface area contributed by atoms with Crippen LogP contribution in [0.25, 0.3) is 0 Å². The van der Waals surface area contributed by atoms with Gasteiger partial charge in [-0.05, 0) is 59.1 Å². The maximum absolute atomic E-state index is 11.0. The Balaban J connectivity index is 2.20. The minimum Gasteiger partial charge on any atom is -0.478 e. The molecule has 2 aromatic rings. The summed E-state index contributed by atoms with van der Waals surface area (Å²) in [7, 11) is 0. The van der Waals surface area contributed by atoms with Crippen LogP contribution in [0.5, 0.6) is 0 Å². The first kappa shape index (κ1) is 14.6. The molecule has 2 rings (SSSR count). The van der Waals surface area contributed by atoms with Gasteiger partial charge in [0.05, 0.1) is 5.56 Å². The third-order valence-electron chi connectivity index (χ3n) is 3.24. The number of rotatable bonds is 4. The van der Waals surface area contributed by atoms with E-state index in [0.29, 0.717) is 4.47 Å². The summed E-state index contributed by atoms with van der Waals surface area (Å²) in [4.78, 5) is 11.0. The molecule has 0 fully saturated rings. The first-order chi connectivity index (χ1) is 9.49. The van der Waals surface area contributed by atoms with Gasteiger partial charge in [-0.1, -0.05) is 24.3 Å². The molecule has 0 saturated heterocycles. The molecule has 2 aromatic carbocycles. The third kappa shape index (κ3) is 3.20. The molecular formula is C16H16BrNO2. The first-order valence-electron chi connectivity index (χ1n) is 6.34. The monoisotopic (exact) mass is 333 g/mol. The van der Waals surface area contributed by atoms with Crippen molar-refractivity contribution in [1.29, 1.82) is 0 Å². The number of carboxylic acid groups (broad SMARTS) is 1. The van der Waals surface area contributed by atoms with Crippen LogP contribution in [-0.4, -0.2) is 11.1 Å². The molecule has 0 saturated carbocycles. The average molecular weight is 334 g/mol. The Kier molecular flexibility index (Phi) is 4.45. The van der Waals surface area contributed by atoms with Gasteiger partial charge in [-0.25, -0.2) is 4.79 Å². The average Bonchev–Trinajstić information content (AvgIpc) is 2.38. The molecule has 1 atom stereocenters. The van der Waals surface area contributed by atoms with Crippen molar-refractivity contribution in [2.24, 2.45) is 0 Å². The molecular weight excluding hydrogens is 318 g/mol. The van der Waals surface area contributed by atoms with Crippen LogP contribution >= 0.6 is 15.9 Å².